The van der Waals surface area contributed by atoms with E-state index in [-0.39, 0.29) is 17.3 Å². The lowest BCUT2D eigenvalue weighted by molar-refractivity contribution is 0.0717. The Labute approximate surface area is 146 Å². The Morgan fingerprint density at radius 2 is 1.80 bits per heavy atom. The van der Waals surface area contributed by atoms with E-state index >= 15 is 0 Å². The molecule has 0 unspecified atom stereocenters. The highest BCUT2D eigenvalue weighted by Gasteiger charge is 2.16. The second kappa shape index (κ2) is 7.38. The number of nitrogens with zero attached hydrogens (tertiary/aromatic N) is 2. The van der Waals surface area contributed by atoms with E-state index in [9.17, 15) is 9.59 Å². The second-order valence-electron chi connectivity index (χ2n) is 4.71. The summed E-state index contributed by atoms with van der Waals surface area (Å²) < 4.78 is 10.3. The average molecular weight is 349 g/mol. The molecule has 0 spiro atoms. The van der Waals surface area contributed by atoms with Crippen molar-refractivity contribution in [2.75, 3.05) is 0 Å². The third-order valence-corrected chi connectivity index (χ3v) is 3.68. The molecule has 3 aromatic rings. The van der Waals surface area contributed by atoms with Crippen molar-refractivity contribution in [3.8, 4) is 17.8 Å². The molecule has 25 heavy (non-hydrogen) atoms. The van der Waals surface area contributed by atoms with Gasteiger partial charge in [0, 0.05) is 16.8 Å². The molecule has 0 amide bonds. The topological polar surface area (TPSA) is 89.3 Å². The van der Waals surface area contributed by atoms with Gasteiger partial charge in [-0.2, -0.15) is 10.2 Å². The molecule has 0 N–H and O–H groups in total. The molecule has 2 aromatic heterocycles. The number of aromatic nitrogens is 1. The van der Waals surface area contributed by atoms with E-state index in [0.717, 1.165) is 0 Å². The maximum absolute atomic E-state index is 12.1. The van der Waals surface area contributed by atoms with Gasteiger partial charge >= 0.3 is 11.9 Å². The summed E-state index contributed by atoms with van der Waals surface area (Å²) >= 11 is 1.22. The minimum Gasteiger partial charge on any atom is -0.404 e. The highest BCUT2D eigenvalue weighted by Crippen LogP contribution is 2.21. The van der Waals surface area contributed by atoms with Crippen LogP contribution >= 0.6 is 11.3 Å². The van der Waals surface area contributed by atoms with Crippen molar-refractivity contribution in [2.24, 2.45) is 0 Å². The lowest BCUT2D eigenvalue weighted by Gasteiger charge is -2.07. The number of hydrogen-bond donors (Lipinski definition) is 0. The van der Waals surface area contributed by atoms with Crippen molar-refractivity contribution in [3.05, 3.63) is 76.0 Å². The standard InChI is InChI=1S/C18H9N2O4S/c19-10-13-6-7-15(23-17(21)12-4-2-1-3-5-12)20-16(13)24-18(22)14-8-9-25-11-14/h1-8,11H. The molecule has 6 nitrogen and oxygen atoms in total. The van der Waals surface area contributed by atoms with Crippen molar-refractivity contribution in [2.45, 2.75) is 0 Å². The molecule has 121 valence electrons. The Balaban J connectivity index is 1.81. The zero-order chi connectivity index (χ0) is 17.6. The van der Waals surface area contributed by atoms with Crippen molar-refractivity contribution in [1.29, 1.82) is 5.26 Å². The Hall–Kier alpha value is -3.50. The van der Waals surface area contributed by atoms with Crippen LogP contribution in [0.4, 0.5) is 0 Å². The molecule has 0 saturated carbocycles. The fourth-order valence-electron chi connectivity index (χ4n) is 1.85. The van der Waals surface area contributed by atoms with E-state index in [1.165, 1.54) is 29.5 Å². The summed E-state index contributed by atoms with van der Waals surface area (Å²) in [6.45, 7) is 0. The van der Waals surface area contributed by atoms with Crippen LogP contribution in [0.2, 0.25) is 0 Å². The van der Waals surface area contributed by atoms with Crippen molar-refractivity contribution in [1.82, 2.24) is 4.98 Å². The molecule has 2 heterocycles. The van der Waals surface area contributed by atoms with E-state index in [1.807, 2.05) is 6.07 Å². The van der Waals surface area contributed by atoms with E-state index < -0.39 is 11.9 Å². The smallest absolute Gasteiger partial charge is 0.345 e. The summed E-state index contributed by atoms with van der Waals surface area (Å²) in [6, 6.07) is 14.4. The van der Waals surface area contributed by atoms with Crippen LogP contribution in [0.3, 0.4) is 0 Å². The van der Waals surface area contributed by atoms with Crippen molar-refractivity contribution in [3.63, 3.8) is 0 Å². The van der Waals surface area contributed by atoms with E-state index in [1.54, 1.807) is 35.7 Å². The highest BCUT2D eigenvalue weighted by molar-refractivity contribution is 7.07. The number of pyridine rings is 1. The predicted octanol–water partition coefficient (Wildman–Crippen LogP) is 3.25. The summed E-state index contributed by atoms with van der Waals surface area (Å²) in [4.78, 5) is 28.0. The van der Waals surface area contributed by atoms with Gasteiger partial charge < -0.3 is 9.47 Å². The van der Waals surface area contributed by atoms with Gasteiger partial charge in [0.25, 0.3) is 0 Å². The molecule has 1 radical (unpaired) electrons. The van der Waals surface area contributed by atoms with E-state index in [2.05, 4.69) is 10.4 Å². The van der Waals surface area contributed by atoms with Crippen molar-refractivity contribution < 1.29 is 19.1 Å². The molecule has 0 aliphatic heterocycles. The van der Waals surface area contributed by atoms with Crippen LogP contribution in [-0.2, 0) is 0 Å². The van der Waals surface area contributed by atoms with Gasteiger partial charge in [-0.05, 0) is 24.3 Å². The van der Waals surface area contributed by atoms with Gasteiger partial charge in [0.1, 0.15) is 11.6 Å². The number of ether oxygens (including phenoxy) is 2. The SMILES string of the molecule is N#Cc1ccc(OC(=O)c2ccccc2)nc1OC(=O)c1c[c]sc1. The Morgan fingerprint density at radius 3 is 2.48 bits per heavy atom. The minimum atomic E-state index is -0.673. The Morgan fingerprint density at radius 1 is 1.04 bits per heavy atom. The minimum absolute atomic E-state index is 0.0482. The lowest BCUT2D eigenvalue weighted by atomic mass is 10.2. The zero-order valence-corrected chi connectivity index (χ0v) is 13.4. The molecule has 0 fully saturated rings. The van der Waals surface area contributed by atoms with Crippen LogP contribution in [0.15, 0.2) is 53.9 Å². The molecule has 3 rings (SSSR count). The number of thiophene rings is 1. The zero-order valence-electron chi connectivity index (χ0n) is 12.6. The monoisotopic (exact) mass is 349 g/mol. The number of carbonyl (C=O) groups excluding carboxylic acids is 2. The first-order chi connectivity index (χ1) is 12.2. The number of carbonyl (C=O) groups is 2. The normalized spacial score (nSPS) is 9.88. The summed E-state index contributed by atoms with van der Waals surface area (Å²) in [5.41, 5.74) is 0.690. The first-order valence-corrected chi connectivity index (χ1v) is 7.90. The van der Waals surface area contributed by atoms with Gasteiger partial charge in [0.05, 0.1) is 11.1 Å². The maximum Gasteiger partial charge on any atom is 0.345 e. The first kappa shape index (κ1) is 16.4. The molecular weight excluding hydrogens is 340 g/mol. The highest BCUT2D eigenvalue weighted by atomic mass is 32.1. The van der Waals surface area contributed by atoms with Crippen LogP contribution in [0, 0.1) is 16.7 Å². The molecule has 0 aliphatic carbocycles. The molecule has 0 aliphatic rings. The van der Waals surface area contributed by atoms with E-state index in [0.29, 0.717) is 11.1 Å². The second-order valence-corrected chi connectivity index (χ2v) is 5.42. The summed E-state index contributed by atoms with van der Waals surface area (Å²) in [6.07, 6.45) is 0. The largest absolute Gasteiger partial charge is 0.404 e. The van der Waals surface area contributed by atoms with Gasteiger partial charge in [-0.25, -0.2) is 9.59 Å². The van der Waals surface area contributed by atoms with Gasteiger partial charge in [0.2, 0.25) is 11.8 Å². The van der Waals surface area contributed by atoms with Crippen LogP contribution in [-0.4, -0.2) is 16.9 Å². The summed E-state index contributed by atoms with van der Waals surface area (Å²) in [7, 11) is 0. The molecule has 7 heteroatoms. The first-order valence-electron chi connectivity index (χ1n) is 7.02. The maximum atomic E-state index is 12.1. The number of benzene rings is 1. The number of esters is 2. The van der Waals surface area contributed by atoms with Crippen LogP contribution in [0.25, 0.3) is 0 Å². The average Bonchev–Trinajstić information content (AvgIpc) is 3.17. The third-order valence-electron chi connectivity index (χ3n) is 3.06. The Bertz CT molecular complexity index is 947. The number of rotatable bonds is 4. The molecule has 0 atom stereocenters. The third kappa shape index (κ3) is 3.88. The van der Waals surface area contributed by atoms with Crippen LogP contribution in [0.1, 0.15) is 26.3 Å². The lowest BCUT2D eigenvalue weighted by Crippen LogP contribution is -2.12. The molecular formula is C18H9N2O4S. The summed E-state index contributed by atoms with van der Waals surface area (Å²) in [5, 5.41) is 13.4. The molecule has 1 aromatic carbocycles. The van der Waals surface area contributed by atoms with Gasteiger partial charge in [0.15, 0.2) is 0 Å². The fraction of sp³-hybridized carbons (Fsp3) is 0. The van der Waals surface area contributed by atoms with Gasteiger partial charge in [-0.1, -0.05) is 18.2 Å². The number of nitriles is 1. The quantitative estimate of drug-likeness (QED) is 0.672. The van der Waals surface area contributed by atoms with Gasteiger partial charge in [-0.3, -0.25) is 0 Å². The fourth-order valence-corrected chi connectivity index (χ4v) is 2.41. The summed E-state index contributed by atoms with van der Waals surface area (Å²) in [5.74, 6) is -1.58. The molecule has 0 saturated heterocycles. The van der Waals surface area contributed by atoms with Crippen LogP contribution < -0.4 is 9.47 Å². The molecule has 0 bridgehead atoms. The number of hydrogen-bond acceptors (Lipinski definition) is 7. The Kier molecular flexibility index (Phi) is 4.83. The van der Waals surface area contributed by atoms with Gasteiger partial charge in [-0.15, -0.1) is 11.3 Å². The van der Waals surface area contributed by atoms with Crippen LogP contribution in [0.5, 0.6) is 11.8 Å². The van der Waals surface area contributed by atoms with Crippen molar-refractivity contribution >= 4 is 23.3 Å². The van der Waals surface area contributed by atoms with E-state index in [4.69, 9.17) is 14.7 Å². The predicted molar refractivity (Wildman–Crippen MR) is 88.5 cm³/mol.